The molecule has 1 aromatic heterocycles. The molecular formula is C22H17ClN2O. The van der Waals surface area contributed by atoms with E-state index in [0.29, 0.717) is 5.02 Å². The molecule has 1 unspecified atom stereocenters. The highest BCUT2D eigenvalue weighted by molar-refractivity contribution is 6.31. The summed E-state index contributed by atoms with van der Waals surface area (Å²) in [7, 11) is 0. The van der Waals surface area contributed by atoms with Crippen LogP contribution >= 0.6 is 11.6 Å². The molecule has 128 valence electrons. The number of nitrogens with two attached hydrogens (primary N) is 1. The fraction of sp³-hybridized carbons (Fsp3) is 0.0455. The Labute approximate surface area is 156 Å². The molecule has 0 aliphatic rings. The van der Waals surface area contributed by atoms with Gasteiger partial charge in [-0.1, -0.05) is 72.3 Å². The minimum absolute atomic E-state index is 0.394. The highest BCUT2D eigenvalue weighted by Crippen LogP contribution is 2.39. The van der Waals surface area contributed by atoms with Crippen LogP contribution in [0.5, 0.6) is 0 Å². The van der Waals surface area contributed by atoms with Crippen molar-refractivity contribution >= 4 is 28.4 Å². The number of hydrogen-bond acceptors (Lipinski definition) is 1. The molecule has 3 nitrogen and oxygen atoms in total. The Hall–Kier alpha value is -3.04. The monoisotopic (exact) mass is 360 g/mol. The van der Waals surface area contributed by atoms with E-state index in [9.17, 15) is 4.79 Å². The van der Waals surface area contributed by atoms with Crippen LogP contribution in [0.4, 0.5) is 0 Å². The molecule has 0 saturated heterocycles. The number of amides is 1. The van der Waals surface area contributed by atoms with Crippen molar-refractivity contribution in [1.29, 1.82) is 0 Å². The van der Waals surface area contributed by atoms with E-state index in [1.807, 2.05) is 78.9 Å². The summed E-state index contributed by atoms with van der Waals surface area (Å²) in [5, 5.41) is 1.53. The number of primary amides is 1. The van der Waals surface area contributed by atoms with E-state index in [1.54, 1.807) is 0 Å². The highest BCUT2D eigenvalue weighted by Gasteiger charge is 2.27. The van der Waals surface area contributed by atoms with E-state index in [-0.39, 0.29) is 0 Å². The van der Waals surface area contributed by atoms with Crippen LogP contribution in [0.1, 0.15) is 17.0 Å². The molecule has 26 heavy (non-hydrogen) atoms. The van der Waals surface area contributed by atoms with Crippen LogP contribution < -0.4 is 5.73 Å². The number of halogens is 1. The maximum absolute atomic E-state index is 12.5. The predicted molar refractivity (Wildman–Crippen MR) is 106 cm³/mol. The van der Waals surface area contributed by atoms with Gasteiger partial charge in [0.2, 0.25) is 5.91 Å². The number of nitrogens with one attached hydrogen (secondary N) is 1. The van der Waals surface area contributed by atoms with Gasteiger partial charge in [0.25, 0.3) is 0 Å². The zero-order chi connectivity index (χ0) is 18.1. The topological polar surface area (TPSA) is 58.9 Å². The third-order valence-electron chi connectivity index (χ3n) is 4.57. The Morgan fingerprint density at radius 1 is 0.923 bits per heavy atom. The molecular weight excluding hydrogens is 344 g/mol. The Morgan fingerprint density at radius 3 is 2.23 bits per heavy atom. The number of carbonyl (C=O) groups excluding carboxylic acids is 1. The van der Waals surface area contributed by atoms with E-state index < -0.39 is 11.8 Å². The summed E-state index contributed by atoms with van der Waals surface area (Å²) < 4.78 is 0. The first-order valence-corrected chi connectivity index (χ1v) is 8.74. The van der Waals surface area contributed by atoms with Gasteiger partial charge in [-0.2, -0.15) is 0 Å². The van der Waals surface area contributed by atoms with Gasteiger partial charge in [-0.3, -0.25) is 4.79 Å². The van der Waals surface area contributed by atoms with Crippen LogP contribution in [-0.4, -0.2) is 10.9 Å². The normalized spacial score (nSPS) is 12.2. The number of hydrogen-bond donors (Lipinski definition) is 2. The van der Waals surface area contributed by atoms with Gasteiger partial charge in [0.05, 0.1) is 11.6 Å². The van der Waals surface area contributed by atoms with Gasteiger partial charge in [0, 0.05) is 21.5 Å². The lowest BCUT2D eigenvalue weighted by Gasteiger charge is -2.16. The zero-order valence-corrected chi connectivity index (χ0v) is 14.7. The van der Waals surface area contributed by atoms with Gasteiger partial charge in [0.1, 0.15) is 0 Å². The van der Waals surface area contributed by atoms with Gasteiger partial charge in [-0.15, -0.1) is 0 Å². The first-order valence-electron chi connectivity index (χ1n) is 8.36. The van der Waals surface area contributed by atoms with Crippen LogP contribution in [0.3, 0.4) is 0 Å². The zero-order valence-electron chi connectivity index (χ0n) is 13.9. The largest absolute Gasteiger partial charge is 0.369 e. The second kappa shape index (κ2) is 6.70. The van der Waals surface area contributed by atoms with Gasteiger partial charge < -0.3 is 10.7 Å². The van der Waals surface area contributed by atoms with E-state index in [0.717, 1.165) is 33.3 Å². The third kappa shape index (κ3) is 2.87. The predicted octanol–water partition coefficient (Wildman–Crippen LogP) is 5.11. The SMILES string of the molecule is NC(=O)C(c1ccccc1)c1c(-c2ccccc2)[nH]c2ccc(Cl)cc12. The van der Waals surface area contributed by atoms with Crippen LogP contribution in [-0.2, 0) is 4.79 Å². The Balaban J connectivity index is 2.06. The van der Waals surface area contributed by atoms with Gasteiger partial charge in [0.15, 0.2) is 0 Å². The number of aromatic nitrogens is 1. The molecule has 1 atom stereocenters. The smallest absolute Gasteiger partial charge is 0.229 e. The minimum atomic E-state index is -0.571. The molecule has 4 aromatic rings. The lowest BCUT2D eigenvalue weighted by Crippen LogP contribution is -2.22. The number of benzene rings is 3. The molecule has 0 fully saturated rings. The van der Waals surface area contributed by atoms with E-state index in [2.05, 4.69) is 4.98 Å². The molecule has 0 radical (unpaired) electrons. The minimum Gasteiger partial charge on any atom is -0.369 e. The summed E-state index contributed by atoms with van der Waals surface area (Å²) in [5.74, 6) is -0.965. The lowest BCUT2D eigenvalue weighted by atomic mass is 9.87. The number of fused-ring (bicyclic) bond motifs is 1. The van der Waals surface area contributed by atoms with Gasteiger partial charge in [-0.05, 0) is 29.3 Å². The molecule has 3 N–H and O–H groups in total. The van der Waals surface area contributed by atoms with Crippen LogP contribution in [0.15, 0.2) is 78.9 Å². The summed E-state index contributed by atoms with van der Waals surface area (Å²) in [6, 6.07) is 25.2. The molecule has 0 bridgehead atoms. The lowest BCUT2D eigenvalue weighted by molar-refractivity contribution is -0.118. The van der Waals surface area contributed by atoms with Crippen molar-refractivity contribution in [1.82, 2.24) is 4.98 Å². The Morgan fingerprint density at radius 2 is 1.58 bits per heavy atom. The first-order chi connectivity index (χ1) is 12.6. The fourth-order valence-electron chi connectivity index (χ4n) is 3.44. The molecule has 1 heterocycles. The van der Waals surface area contributed by atoms with Gasteiger partial charge in [-0.25, -0.2) is 0 Å². The van der Waals surface area contributed by atoms with Crippen molar-refractivity contribution in [2.45, 2.75) is 5.92 Å². The van der Waals surface area contributed by atoms with Crippen molar-refractivity contribution in [2.24, 2.45) is 5.73 Å². The van der Waals surface area contributed by atoms with Crippen molar-refractivity contribution in [3.05, 3.63) is 95.0 Å². The molecule has 1 amide bonds. The van der Waals surface area contributed by atoms with Crippen LogP contribution in [0.2, 0.25) is 5.02 Å². The number of carbonyl (C=O) groups is 1. The summed E-state index contributed by atoms with van der Waals surface area (Å²) in [4.78, 5) is 15.9. The number of aromatic amines is 1. The fourth-order valence-corrected chi connectivity index (χ4v) is 3.61. The van der Waals surface area contributed by atoms with Crippen molar-refractivity contribution < 1.29 is 4.79 Å². The van der Waals surface area contributed by atoms with Crippen LogP contribution in [0.25, 0.3) is 22.2 Å². The highest BCUT2D eigenvalue weighted by atomic mass is 35.5. The number of rotatable bonds is 4. The quantitative estimate of drug-likeness (QED) is 0.522. The Bertz CT molecular complexity index is 1070. The summed E-state index contributed by atoms with van der Waals surface area (Å²) in [6.07, 6.45) is 0. The molecule has 0 aliphatic heterocycles. The average molecular weight is 361 g/mol. The molecule has 3 aromatic carbocycles. The maximum atomic E-state index is 12.5. The summed E-state index contributed by atoms with van der Waals surface area (Å²) in [6.45, 7) is 0. The van der Waals surface area contributed by atoms with Crippen molar-refractivity contribution in [2.75, 3.05) is 0 Å². The van der Waals surface area contributed by atoms with Crippen LogP contribution in [0, 0.1) is 0 Å². The first kappa shape index (κ1) is 16.4. The average Bonchev–Trinajstić information content (AvgIpc) is 3.02. The van der Waals surface area contributed by atoms with E-state index in [1.165, 1.54) is 0 Å². The molecule has 0 spiro atoms. The summed E-state index contributed by atoms with van der Waals surface area (Å²) in [5.41, 5.74) is 10.4. The molecule has 0 aliphatic carbocycles. The van der Waals surface area contributed by atoms with Gasteiger partial charge >= 0.3 is 0 Å². The molecule has 4 rings (SSSR count). The van der Waals surface area contributed by atoms with E-state index in [4.69, 9.17) is 17.3 Å². The van der Waals surface area contributed by atoms with Crippen molar-refractivity contribution in [3.8, 4) is 11.3 Å². The second-order valence-electron chi connectivity index (χ2n) is 6.22. The Kier molecular flexibility index (Phi) is 4.23. The maximum Gasteiger partial charge on any atom is 0.229 e. The molecule has 4 heteroatoms. The number of H-pyrrole nitrogens is 1. The second-order valence-corrected chi connectivity index (χ2v) is 6.65. The third-order valence-corrected chi connectivity index (χ3v) is 4.80. The molecule has 0 saturated carbocycles. The van der Waals surface area contributed by atoms with E-state index >= 15 is 0 Å². The van der Waals surface area contributed by atoms with Crippen molar-refractivity contribution in [3.63, 3.8) is 0 Å². The summed E-state index contributed by atoms with van der Waals surface area (Å²) >= 11 is 6.25. The standard InChI is InChI=1S/C22H17ClN2O/c23-16-11-12-18-17(13-16)20(21(25-18)15-9-5-2-6-10-15)19(22(24)26)14-7-3-1-4-8-14/h1-13,19,25H,(H2,24,26).